The van der Waals surface area contributed by atoms with E-state index in [2.05, 4.69) is 4.98 Å². The molecule has 0 saturated carbocycles. The van der Waals surface area contributed by atoms with Gasteiger partial charge in [0.1, 0.15) is 11.9 Å². The largest absolute Gasteiger partial charge is 0.437 e. The van der Waals surface area contributed by atoms with Crippen LogP contribution in [-0.4, -0.2) is 11.3 Å². The molecule has 0 saturated heterocycles. The van der Waals surface area contributed by atoms with Crippen LogP contribution in [0.3, 0.4) is 0 Å². The van der Waals surface area contributed by atoms with Crippen molar-refractivity contribution < 1.29 is 9.21 Å². The molecular weight excluding hydrogens is 242 g/mol. The first kappa shape index (κ1) is 11.6. The minimum absolute atomic E-state index is 0.121. The Kier molecular flexibility index (Phi) is 2.63. The summed E-state index contributed by atoms with van der Waals surface area (Å²) in [6.07, 6.45) is 2.44. The normalized spacial score (nSPS) is 12.7. The SMILES string of the molecule is CC(C=O)c1ccc2oc3ncccc3c(=O)c2c1. The molecule has 4 nitrogen and oxygen atoms in total. The van der Waals surface area contributed by atoms with Crippen molar-refractivity contribution in [3.63, 3.8) is 0 Å². The van der Waals surface area contributed by atoms with Crippen molar-refractivity contribution >= 4 is 28.4 Å². The molecule has 3 rings (SSSR count). The van der Waals surface area contributed by atoms with Gasteiger partial charge in [0, 0.05) is 12.1 Å². The third kappa shape index (κ3) is 1.81. The Labute approximate surface area is 108 Å². The van der Waals surface area contributed by atoms with Crippen LogP contribution in [0, 0.1) is 0 Å². The Bertz CT molecular complexity index is 836. The summed E-state index contributed by atoms with van der Waals surface area (Å²) in [4.78, 5) is 27.2. The maximum atomic E-state index is 12.4. The third-order valence-corrected chi connectivity index (χ3v) is 3.20. The molecule has 0 aliphatic carbocycles. The molecule has 0 bridgehead atoms. The Morgan fingerprint density at radius 1 is 1.26 bits per heavy atom. The molecule has 0 aliphatic rings. The maximum Gasteiger partial charge on any atom is 0.230 e. The van der Waals surface area contributed by atoms with E-state index in [9.17, 15) is 9.59 Å². The highest BCUT2D eigenvalue weighted by Gasteiger charge is 2.11. The van der Waals surface area contributed by atoms with Crippen molar-refractivity contribution in [1.29, 1.82) is 0 Å². The van der Waals surface area contributed by atoms with Gasteiger partial charge in [0.05, 0.1) is 10.8 Å². The van der Waals surface area contributed by atoms with Crippen molar-refractivity contribution in [3.8, 4) is 0 Å². The van der Waals surface area contributed by atoms with Crippen LogP contribution in [0.4, 0.5) is 0 Å². The maximum absolute atomic E-state index is 12.4. The molecule has 94 valence electrons. The van der Waals surface area contributed by atoms with Crippen LogP contribution in [-0.2, 0) is 4.79 Å². The van der Waals surface area contributed by atoms with Gasteiger partial charge in [0.2, 0.25) is 11.1 Å². The fraction of sp³-hybridized carbons (Fsp3) is 0.133. The molecule has 2 heterocycles. The number of aldehydes is 1. The van der Waals surface area contributed by atoms with Gasteiger partial charge in [0.25, 0.3) is 0 Å². The quantitative estimate of drug-likeness (QED) is 0.520. The van der Waals surface area contributed by atoms with Gasteiger partial charge in [-0.25, -0.2) is 4.98 Å². The number of carbonyl (C=O) groups is 1. The Morgan fingerprint density at radius 3 is 2.89 bits per heavy atom. The van der Waals surface area contributed by atoms with E-state index in [0.29, 0.717) is 22.1 Å². The van der Waals surface area contributed by atoms with Gasteiger partial charge >= 0.3 is 0 Å². The zero-order valence-electron chi connectivity index (χ0n) is 10.3. The average Bonchev–Trinajstić information content (AvgIpc) is 2.46. The number of carbonyl (C=O) groups excluding carboxylic acids is 1. The Balaban J connectivity index is 2.39. The predicted octanol–water partition coefficient (Wildman–Crippen LogP) is 2.64. The lowest BCUT2D eigenvalue weighted by Gasteiger charge is -2.05. The van der Waals surface area contributed by atoms with E-state index in [-0.39, 0.29) is 11.3 Å². The molecule has 1 unspecified atom stereocenters. The van der Waals surface area contributed by atoms with Crippen molar-refractivity contribution in [3.05, 3.63) is 52.3 Å². The zero-order chi connectivity index (χ0) is 13.4. The molecule has 0 aliphatic heterocycles. The summed E-state index contributed by atoms with van der Waals surface area (Å²) in [5.74, 6) is -0.242. The Hall–Kier alpha value is -2.49. The van der Waals surface area contributed by atoms with Crippen LogP contribution in [0.15, 0.2) is 45.7 Å². The summed E-state index contributed by atoms with van der Waals surface area (Å²) >= 11 is 0. The van der Waals surface area contributed by atoms with E-state index in [1.165, 1.54) is 0 Å². The predicted molar refractivity (Wildman–Crippen MR) is 72.3 cm³/mol. The molecule has 0 spiro atoms. The number of nitrogens with zero attached hydrogens (tertiary/aromatic N) is 1. The van der Waals surface area contributed by atoms with Crippen LogP contribution in [0.25, 0.3) is 22.1 Å². The fourth-order valence-corrected chi connectivity index (χ4v) is 2.07. The van der Waals surface area contributed by atoms with E-state index in [0.717, 1.165) is 11.8 Å². The second-order valence-electron chi connectivity index (χ2n) is 4.47. The lowest BCUT2D eigenvalue weighted by molar-refractivity contribution is -0.108. The van der Waals surface area contributed by atoms with Gasteiger partial charge < -0.3 is 9.21 Å². The van der Waals surface area contributed by atoms with Crippen LogP contribution in [0.2, 0.25) is 0 Å². The topological polar surface area (TPSA) is 60.2 Å². The number of hydrogen-bond acceptors (Lipinski definition) is 4. The van der Waals surface area contributed by atoms with Crippen LogP contribution >= 0.6 is 0 Å². The summed E-state index contributed by atoms with van der Waals surface area (Å²) in [7, 11) is 0. The van der Waals surface area contributed by atoms with Crippen molar-refractivity contribution in [1.82, 2.24) is 4.98 Å². The third-order valence-electron chi connectivity index (χ3n) is 3.20. The number of aromatic nitrogens is 1. The van der Waals surface area contributed by atoms with Crippen LogP contribution < -0.4 is 5.43 Å². The van der Waals surface area contributed by atoms with Gasteiger partial charge in [-0.2, -0.15) is 0 Å². The molecule has 4 heteroatoms. The molecule has 0 amide bonds. The first-order chi connectivity index (χ1) is 9.20. The average molecular weight is 253 g/mol. The Morgan fingerprint density at radius 2 is 2.11 bits per heavy atom. The van der Waals surface area contributed by atoms with E-state index in [1.807, 2.05) is 0 Å². The molecule has 1 aromatic carbocycles. The zero-order valence-corrected chi connectivity index (χ0v) is 10.3. The van der Waals surface area contributed by atoms with Crippen molar-refractivity contribution in [2.45, 2.75) is 12.8 Å². The number of benzene rings is 1. The molecule has 3 aromatic rings. The van der Waals surface area contributed by atoms with Crippen molar-refractivity contribution in [2.24, 2.45) is 0 Å². The minimum atomic E-state index is -0.242. The highest BCUT2D eigenvalue weighted by Crippen LogP contribution is 2.21. The summed E-state index contributed by atoms with van der Waals surface area (Å²) in [5.41, 5.74) is 1.50. The lowest BCUT2D eigenvalue weighted by atomic mass is 10.0. The van der Waals surface area contributed by atoms with E-state index in [1.54, 1.807) is 43.5 Å². The lowest BCUT2D eigenvalue weighted by Crippen LogP contribution is -2.04. The van der Waals surface area contributed by atoms with E-state index in [4.69, 9.17) is 4.42 Å². The summed E-state index contributed by atoms with van der Waals surface area (Å²) in [6.45, 7) is 1.79. The molecule has 2 aromatic heterocycles. The molecule has 1 atom stereocenters. The molecule has 0 N–H and O–H groups in total. The smallest absolute Gasteiger partial charge is 0.230 e. The van der Waals surface area contributed by atoms with E-state index >= 15 is 0 Å². The van der Waals surface area contributed by atoms with Crippen LogP contribution in [0.5, 0.6) is 0 Å². The van der Waals surface area contributed by atoms with Gasteiger partial charge in [0.15, 0.2) is 0 Å². The van der Waals surface area contributed by atoms with E-state index < -0.39 is 0 Å². The van der Waals surface area contributed by atoms with Gasteiger partial charge in [-0.3, -0.25) is 4.79 Å². The second-order valence-corrected chi connectivity index (χ2v) is 4.47. The second kappa shape index (κ2) is 4.31. The number of pyridine rings is 1. The molecular formula is C15H11NO3. The van der Waals surface area contributed by atoms with Crippen LogP contribution in [0.1, 0.15) is 18.4 Å². The van der Waals surface area contributed by atoms with Crippen molar-refractivity contribution in [2.75, 3.05) is 0 Å². The summed E-state index contributed by atoms with van der Waals surface area (Å²) < 4.78 is 5.60. The highest BCUT2D eigenvalue weighted by molar-refractivity contribution is 5.88. The fourth-order valence-electron chi connectivity index (χ4n) is 2.07. The number of rotatable bonds is 2. The molecule has 19 heavy (non-hydrogen) atoms. The monoisotopic (exact) mass is 253 g/mol. The first-order valence-electron chi connectivity index (χ1n) is 5.97. The highest BCUT2D eigenvalue weighted by atomic mass is 16.3. The van der Waals surface area contributed by atoms with Gasteiger partial charge in [-0.15, -0.1) is 0 Å². The minimum Gasteiger partial charge on any atom is -0.437 e. The summed E-state index contributed by atoms with van der Waals surface area (Å²) in [5, 5.41) is 0.928. The van der Waals surface area contributed by atoms with Gasteiger partial charge in [-0.05, 0) is 29.8 Å². The number of hydrogen-bond donors (Lipinski definition) is 0. The number of fused-ring (bicyclic) bond motifs is 2. The standard InChI is InChI=1S/C15H11NO3/c1-9(8-17)10-4-5-13-12(7-10)14(18)11-3-2-6-16-15(11)19-13/h2-9H,1H3. The first-order valence-corrected chi connectivity index (χ1v) is 5.97. The summed E-state index contributed by atoms with van der Waals surface area (Å²) in [6, 6.07) is 8.60. The molecule has 0 fully saturated rings. The molecule has 0 radical (unpaired) electrons. The van der Waals surface area contributed by atoms with Gasteiger partial charge in [-0.1, -0.05) is 13.0 Å².